The van der Waals surface area contributed by atoms with Crippen LogP contribution in [0.5, 0.6) is 0 Å². The second-order valence-corrected chi connectivity index (χ2v) is 1.42. The molecule has 5 nitrogen and oxygen atoms in total. The molecular weight excluding hydrogens is 158 g/mol. The third-order valence-electron chi connectivity index (χ3n) is 0.0845. The summed E-state index contributed by atoms with van der Waals surface area (Å²) >= 11 is -3.38. The molecule has 0 aliphatic rings. The number of rotatable bonds is 2. The van der Waals surface area contributed by atoms with Crippen LogP contribution in [0.15, 0.2) is 5.34 Å². The number of hydrogen-bond donors (Lipinski definition) is 0. The summed E-state index contributed by atoms with van der Waals surface area (Å²) in [6, 6.07) is 0. The normalized spacial score (nSPS) is 8.50. The highest BCUT2D eigenvalue weighted by Gasteiger charge is 2.07. The van der Waals surface area contributed by atoms with Crippen LogP contribution in [0.1, 0.15) is 0 Å². The molecule has 0 aromatic heterocycles. The van der Waals surface area contributed by atoms with Gasteiger partial charge in [0.1, 0.15) is 0 Å². The first-order chi connectivity index (χ1) is 2.77. The minimum atomic E-state index is -3.38. The third-order valence-corrected chi connectivity index (χ3v) is 0.439. The van der Waals surface area contributed by atoms with Crippen molar-refractivity contribution in [2.75, 3.05) is 0 Å². The van der Waals surface area contributed by atoms with Gasteiger partial charge in [-0.25, -0.2) is 0 Å². The Balaban J connectivity index is 2.81. The first-order valence-electron chi connectivity index (χ1n) is 0.828. The van der Waals surface area contributed by atoms with Crippen molar-refractivity contribution in [2.45, 2.75) is 0 Å². The zero-order valence-corrected chi connectivity index (χ0v) is 4.04. The lowest BCUT2D eigenvalue weighted by Crippen LogP contribution is -2.32. The Kier molecular flexibility index (Phi) is 2.91. The average molecular weight is 158 g/mol. The molecule has 0 unspecified atom stereocenters. The minimum absolute atomic E-state index is 1.61. The van der Waals surface area contributed by atoms with Gasteiger partial charge in [-0.05, 0) is 0 Å². The van der Waals surface area contributed by atoms with Gasteiger partial charge in [-0.1, -0.05) is 4.91 Å². The van der Waals surface area contributed by atoms with Gasteiger partial charge in [0.15, 0.2) is 0 Å². The lowest BCUT2D eigenvalue weighted by atomic mass is 13.4. The van der Waals surface area contributed by atoms with E-state index < -0.39 is 14.8 Å². The quantitative estimate of drug-likeness (QED) is 0.336. The van der Waals surface area contributed by atoms with Crippen LogP contribution in [0.3, 0.4) is 0 Å². The van der Waals surface area contributed by atoms with E-state index in [4.69, 9.17) is 13.3 Å². The Hall–Kier alpha value is -0.200. The van der Waals surface area contributed by atoms with Crippen molar-refractivity contribution < 1.29 is 27.1 Å². The second kappa shape index (κ2) is 3.01. The summed E-state index contributed by atoms with van der Waals surface area (Å²) in [5.74, 6) is 0. The lowest BCUT2D eigenvalue weighted by Gasteiger charge is -1.75. The molecule has 0 saturated carbocycles. The van der Waals surface area contributed by atoms with Crippen LogP contribution in [0.25, 0.3) is 0 Å². The van der Waals surface area contributed by atoms with E-state index in [1.807, 2.05) is 0 Å². The maximum atomic E-state index is 9.16. The van der Waals surface area contributed by atoms with Crippen LogP contribution in [0.2, 0.25) is 0 Å². The van der Waals surface area contributed by atoms with Crippen LogP contribution in [0, 0.1) is 19.7 Å². The van der Waals surface area contributed by atoms with Crippen LogP contribution in [0.4, 0.5) is 0 Å². The van der Waals surface area contributed by atoms with E-state index in [-0.39, 0.29) is 0 Å². The predicted molar refractivity (Wildman–Crippen MR) is 6.88 cm³/mol. The van der Waals surface area contributed by atoms with E-state index in [1.54, 1.807) is 5.34 Å². The molecule has 0 spiro atoms. The van der Waals surface area contributed by atoms with Crippen LogP contribution < -0.4 is 8.40 Å². The Bertz CT molecular complexity index is 42.8. The Labute approximate surface area is 38.3 Å². The SMILES string of the molecule is O=NO[Br+2]([O-])[O-]. The fourth-order valence-corrected chi connectivity index (χ4v) is 0.120. The average Bonchev–Trinajstić information content (AvgIpc) is 1.35. The minimum Gasteiger partial charge on any atom is -0.359 e. The molecule has 0 amide bonds. The topological polar surface area (TPSA) is 84.8 Å². The van der Waals surface area contributed by atoms with E-state index in [0.717, 1.165) is 0 Å². The van der Waals surface area contributed by atoms with E-state index in [2.05, 4.69) is 3.93 Å². The summed E-state index contributed by atoms with van der Waals surface area (Å²) in [5.41, 5.74) is 0. The zero-order chi connectivity index (χ0) is 4.99. The molecule has 0 aliphatic heterocycles. The van der Waals surface area contributed by atoms with Crippen LogP contribution in [-0.4, -0.2) is 0 Å². The van der Waals surface area contributed by atoms with Gasteiger partial charge in [0.05, 0.1) is 0 Å². The number of hydrogen-bond acceptors (Lipinski definition) is 5. The van der Waals surface area contributed by atoms with Gasteiger partial charge in [-0.2, -0.15) is 0 Å². The molecule has 0 fully saturated rings. The monoisotopic (exact) mass is 157 g/mol. The highest BCUT2D eigenvalue weighted by Crippen LogP contribution is 1.72. The van der Waals surface area contributed by atoms with E-state index in [9.17, 15) is 0 Å². The number of nitrogens with zero attached hydrogens (tertiary/aromatic N) is 1. The smallest absolute Gasteiger partial charge is 0.359 e. The lowest BCUT2D eigenvalue weighted by molar-refractivity contribution is -1.63. The van der Waals surface area contributed by atoms with Gasteiger partial charge in [0.2, 0.25) is 0 Å². The largest absolute Gasteiger partial charge is 0.541 e. The first kappa shape index (κ1) is 5.80. The van der Waals surface area contributed by atoms with Crippen molar-refractivity contribution in [1.82, 2.24) is 0 Å². The maximum Gasteiger partial charge on any atom is 0.541 e. The molecule has 0 aromatic carbocycles. The summed E-state index contributed by atoms with van der Waals surface area (Å²) in [6.07, 6.45) is 0. The summed E-state index contributed by atoms with van der Waals surface area (Å²) in [5, 5.41) is 1.61. The Morgan fingerprint density at radius 3 is 2.17 bits per heavy atom. The third kappa shape index (κ3) is 3.80. The fraction of sp³-hybridized carbons (Fsp3) is 0. The summed E-state index contributed by atoms with van der Waals surface area (Å²) < 4.78 is 21.4. The second-order valence-electron chi connectivity index (χ2n) is 0.333. The van der Waals surface area contributed by atoms with Crippen molar-refractivity contribution in [2.24, 2.45) is 5.34 Å². The molecule has 0 heterocycles. The van der Waals surface area contributed by atoms with Gasteiger partial charge in [-0.3, -0.25) is 0 Å². The highest BCUT2D eigenvalue weighted by molar-refractivity contribution is 3.86. The molecule has 0 radical (unpaired) electrons. The molecule has 0 bridgehead atoms. The molecule has 0 N–H and O–H groups in total. The molecule has 6 heavy (non-hydrogen) atoms. The summed E-state index contributed by atoms with van der Waals surface area (Å²) in [7, 11) is 0. The Morgan fingerprint density at radius 1 is 1.67 bits per heavy atom. The molecule has 36 valence electrons. The molecule has 0 atom stereocenters. The first-order valence-corrected chi connectivity index (χ1v) is 2.77. The molecule has 0 rings (SSSR count). The van der Waals surface area contributed by atoms with Crippen molar-refractivity contribution in [3.8, 4) is 0 Å². The zero-order valence-electron chi connectivity index (χ0n) is 2.46. The van der Waals surface area contributed by atoms with E-state index in [0.29, 0.717) is 0 Å². The van der Waals surface area contributed by atoms with Gasteiger partial charge >= 0.3 is 14.8 Å². The Morgan fingerprint density at radius 2 is 2.17 bits per heavy atom. The van der Waals surface area contributed by atoms with E-state index in [1.165, 1.54) is 0 Å². The summed E-state index contributed by atoms with van der Waals surface area (Å²) in [6.45, 7) is 0. The fourth-order valence-electron chi connectivity index (χ4n) is 0.0230. The van der Waals surface area contributed by atoms with Crippen LogP contribution in [-0.2, 0) is 3.93 Å². The predicted octanol–water partition coefficient (Wildman–Crippen LogP) is -2.23. The highest BCUT2D eigenvalue weighted by atomic mass is 80.0. The molecule has 0 saturated heterocycles. The van der Waals surface area contributed by atoms with E-state index >= 15 is 0 Å². The molecule has 0 aromatic rings. The summed E-state index contributed by atoms with van der Waals surface area (Å²) in [4.78, 5) is 8.77. The van der Waals surface area contributed by atoms with Crippen molar-refractivity contribution in [3.05, 3.63) is 4.91 Å². The maximum absolute atomic E-state index is 9.16. The molecular formula is BrNO4. The van der Waals surface area contributed by atoms with Gasteiger partial charge in [0.25, 0.3) is 5.34 Å². The van der Waals surface area contributed by atoms with Gasteiger partial charge in [-0.15, -0.1) is 0 Å². The van der Waals surface area contributed by atoms with Gasteiger partial charge < -0.3 is 8.40 Å². The number of halogens is 1. The van der Waals surface area contributed by atoms with Gasteiger partial charge in [0, 0.05) is 3.93 Å². The van der Waals surface area contributed by atoms with Crippen LogP contribution >= 0.6 is 0 Å². The molecule has 0 aliphatic carbocycles. The van der Waals surface area contributed by atoms with Crippen molar-refractivity contribution >= 4 is 0 Å². The standard InChI is InChI=1S/BrNO4/c3-1(4)6-2-5. The van der Waals surface area contributed by atoms with Crippen molar-refractivity contribution in [1.29, 1.82) is 0 Å². The van der Waals surface area contributed by atoms with Crippen molar-refractivity contribution in [3.63, 3.8) is 0 Å². The molecule has 6 heteroatoms.